The molecule has 0 aliphatic heterocycles. The number of carboxylic acid groups (broad SMARTS) is 1. The molecule has 21 heavy (non-hydrogen) atoms. The van der Waals surface area contributed by atoms with Crippen LogP contribution in [0.4, 0.5) is 4.79 Å². The Kier molecular flexibility index (Phi) is 6.72. The van der Waals surface area contributed by atoms with E-state index in [4.69, 9.17) is 5.11 Å². The lowest BCUT2D eigenvalue weighted by atomic mass is 10.1. The van der Waals surface area contributed by atoms with Crippen molar-refractivity contribution in [2.24, 2.45) is 0 Å². The molecule has 1 unspecified atom stereocenters. The number of aryl methyl sites for hydroxylation is 1. The van der Waals surface area contributed by atoms with E-state index in [1.807, 2.05) is 39.0 Å². The quantitative estimate of drug-likeness (QED) is 0.811. The summed E-state index contributed by atoms with van der Waals surface area (Å²) in [7, 11) is 0. The second kappa shape index (κ2) is 8.29. The third-order valence-corrected chi connectivity index (χ3v) is 3.46. The summed E-state index contributed by atoms with van der Waals surface area (Å²) in [5, 5.41) is 11.7. The third-order valence-electron chi connectivity index (χ3n) is 3.46. The lowest BCUT2D eigenvalue weighted by Gasteiger charge is -2.27. The summed E-state index contributed by atoms with van der Waals surface area (Å²) in [6, 6.07) is 7.69. The largest absolute Gasteiger partial charge is 0.480 e. The van der Waals surface area contributed by atoms with Gasteiger partial charge in [-0.2, -0.15) is 0 Å². The van der Waals surface area contributed by atoms with Crippen molar-refractivity contribution in [3.8, 4) is 0 Å². The van der Waals surface area contributed by atoms with Crippen molar-refractivity contribution in [1.29, 1.82) is 0 Å². The Labute approximate surface area is 126 Å². The highest BCUT2D eigenvalue weighted by Gasteiger charge is 2.20. The van der Waals surface area contributed by atoms with Crippen molar-refractivity contribution in [3.05, 3.63) is 35.4 Å². The SMILES string of the molecule is CCC(C)N(CC(=O)O)C(=O)NCCc1cccc(C)c1. The first kappa shape index (κ1) is 17.0. The fourth-order valence-corrected chi connectivity index (χ4v) is 2.08. The second-order valence-electron chi connectivity index (χ2n) is 5.25. The number of amides is 2. The molecule has 1 rings (SSSR count). The Morgan fingerprint density at radius 1 is 1.38 bits per heavy atom. The highest BCUT2D eigenvalue weighted by atomic mass is 16.4. The van der Waals surface area contributed by atoms with Gasteiger partial charge in [0.05, 0.1) is 0 Å². The van der Waals surface area contributed by atoms with Crippen LogP contribution >= 0.6 is 0 Å². The molecule has 0 spiro atoms. The topological polar surface area (TPSA) is 69.6 Å². The summed E-state index contributed by atoms with van der Waals surface area (Å²) < 4.78 is 0. The summed E-state index contributed by atoms with van der Waals surface area (Å²) >= 11 is 0. The minimum atomic E-state index is -0.996. The standard InChI is InChI=1S/C16H24N2O3/c1-4-13(3)18(11-15(19)20)16(21)17-9-8-14-7-5-6-12(2)10-14/h5-7,10,13H,4,8-9,11H2,1-3H3,(H,17,21)(H,19,20). The minimum absolute atomic E-state index is 0.0972. The van der Waals surface area contributed by atoms with E-state index in [1.165, 1.54) is 10.5 Å². The van der Waals surface area contributed by atoms with Gasteiger partial charge in [0, 0.05) is 12.6 Å². The van der Waals surface area contributed by atoms with E-state index in [0.29, 0.717) is 6.54 Å². The molecule has 2 N–H and O–H groups in total. The zero-order valence-electron chi connectivity index (χ0n) is 12.9. The number of rotatable bonds is 7. The minimum Gasteiger partial charge on any atom is -0.480 e. The van der Waals surface area contributed by atoms with E-state index in [1.54, 1.807) is 0 Å². The molecule has 0 aliphatic carbocycles. The first-order chi connectivity index (χ1) is 9.93. The van der Waals surface area contributed by atoms with Gasteiger partial charge in [0.15, 0.2) is 0 Å². The van der Waals surface area contributed by atoms with Gasteiger partial charge in [-0.15, -0.1) is 0 Å². The fraction of sp³-hybridized carbons (Fsp3) is 0.500. The highest BCUT2D eigenvalue weighted by Crippen LogP contribution is 2.06. The molecule has 1 atom stereocenters. The van der Waals surface area contributed by atoms with Crippen molar-refractivity contribution in [2.45, 2.75) is 39.7 Å². The molecule has 5 heteroatoms. The zero-order valence-corrected chi connectivity index (χ0v) is 12.9. The van der Waals surface area contributed by atoms with Gasteiger partial charge in [0.1, 0.15) is 6.54 Å². The van der Waals surface area contributed by atoms with Crippen LogP contribution in [0.3, 0.4) is 0 Å². The number of urea groups is 1. The lowest BCUT2D eigenvalue weighted by molar-refractivity contribution is -0.138. The number of hydrogen-bond donors (Lipinski definition) is 2. The molecule has 2 amide bonds. The Bertz CT molecular complexity index is 488. The summed E-state index contributed by atoms with van der Waals surface area (Å²) in [5.41, 5.74) is 2.34. The molecule has 0 radical (unpaired) electrons. The van der Waals surface area contributed by atoms with Crippen LogP contribution in [0.1, 0.15) is 31.4 Å². The predicted octanol–water partition coefficient (Wildman–Crippen LogP) is 2.43. The lowest BCUT2D eigenvalue weighted by Crippen LogP contribution is -2.47. The average molecular weight is 292 g/mol. The molecule has 0 aliphatic rings. The predicted molar refractivity (Wildman–Crippen MR) is 82.4 cm³/mol. The normalized spacial score (nSPS) is 11.8. The van der Waals surface area contributed by atoms with Gasteiger partial charge >= 0.3 is 12.0 Å². The smallest absolute Gasteiger partial charge is 0.323 e. The number of nitrogens with zero attached hydrogens (tertiary/aromatic N) is 1. The molecular formula is C16H24N2O3. The van der Waals surface area contributed by atoms with E-state index in [2.05, 4.69) is 11.4 Å². The Hall–Kier alpha value is -2.04. The Balaban J connectivity index is 2.51. The molecular weight excluding hydrogens is 268 g/mol. The van der Waals surface area contributed by atoms with Crippen molar-refractivity contribution < 1.29 is 14.7 Å². The van der Waals surface area contributed by atoms with Crippen LogP contribution in [-0.2, 0) is 11.2 Å². The van der Waals surface area contributed by atoms with Gasteiger partial charge in [-0.05, 0) is 32.3 Å². The van der Waals surface area contributed by atoms with Crippen molar-refractivity contribution in [2.75, 3.05) is 13.1 Å². The molecule has 0 bridgehead atoms. The number of aliphatic carboxylic acids is 1. The number of carbonyl (C=O) groups excluding carboxylic acids is 1. The number of hydrogen-bond acceptors (Lipinski definition) is 2. The molecule has 0 saturated heterocycles. The highest BCUT2D eigenvalue weighted by molar-refractivity contribution is 5.80. The molecule has 116 valence electrons. The van der Waals surface area contributed by atoms with Crippen molar-refractivity contribution in [1.82, 2.24) is 10.2 Å². The number of benzene rings is 1. The van der Waals surface area contributed by atoms with Crippen LogP contribution in [-0.4, -0.2) is 41.1 Å². The first-order valence-electron chi connectivity index (χ1n) is 7.25. The van der Waals surface area contributed by atoms with Crippen LogP contribution in [0, 0.1) is 6.92 Å². The summed E-state index contributed by atoms with van der Waals surface area (Å²) in [4.78, 5) is 24.3. The van der Waals surface area contributed by atoms with Crippen LogP contribution in [0.15, 0.2) is 24.3 Å². The molecule has 0 aromatic heterocycles. The second-order valence-corrected chi connectivity index (χ2v) is 5.25. The Morgan fingerprint density at radius 3 is 2.67 bits per heavy atom. The van der Waals surface area contributed by atoms with Crippen LogP contribution < -0.4 is 5.32 Å². The number of carbonyl (C=O) groups is 2. The summed E-state index contributed by atoms with van der Waals surface area (Å²) in [6.45, 7) is 6.03. The van der Waals surface area contributed by atoms with Gasteiger partial charge in [-0.25, -0.2) is 4.79 Å². The van der Waals surface area contributed by atoms with E-state index in [0.717, 1.165) is 18.4 Å². The van der Waals surface area contributed by atoms with Crippen molar-refractivity contribution in [3.63, 3.8) is 0 Å². The maximum absolute atomic E-state index is 12.1. The van der Waals surface area contributed by atoms with Crippen LogP contribution in [0.25, 0.3) is 0 Å². The number of carboxylic acids is 1. The van der Waals surface area contributed by atoms with Gasteiger partial charge in [-0.3, -0.25) is 4.79 Å². The van der Waals surface area contributed by atoms with Crippen LogP contribution in [0.5, 0.6) is 0 Å². The molecule has 5 nitrogen and oxygen atoms in total. The van der Waals surface area contributed by atoms with Gasteiger partial charge in [0.25, 0.3) is 0 Å². The van der Waals surface area contributed by atoms with Crippen LogP contribution in [0.2, 0.25) is 0 Å². The van der Waals surface area contributed by atoms with Gasteiger partial charge in [0.2, 0.25) is 0 Å². The molecule has 0 fully saturated rings. The maximum atomic E-state index is 12.1. The maximum Gasteiger partial charge on any atom is 0.323 e. The van der Waals surface area contributed by atoms with E-state index < -0.39 is 5.97 Å². The number of nitrogens with one attached hydrogen (secondary N) is 1. The summed E-state index contributed by atoms with van der Waals surface area (Å²) in [5.74, 6) is -0.996. The van der Waals surface area contributed by atoms with E-state index in [-0.39, 0.29) is 18.6 Å². The monoisotopic (exact) mass is 292 g/mol. The summed E-state index contributed by atoms with van der Waals surface area (Å²) in [6.07, 6.45) is 1.45. The average Bonchev–Trinajstić information content (AvgIpc) is 2.43. The zero-order chi connectivity index (χ0) is 15.8. The van der Waals surface area contributed by atoms with E-state index in [9.17, 15) is 9.59 Å². The fourth-order valence-electron chi connectivity index (χ4n) is 2.08. The molecule has 1 aromatic rings. The van der Waals surface area contributed by atoms with E-state index >= 15 is 0 Å². The van der Waals surface area contributed by atoms with Gasteiger partial charge < -0.3 is 15.3 Å². The third kappa shape index (κ3) is 5.85. The molecule has 0 saturated carbocycles. The van der Waals surface area contributed by atoms with Crippen molar-refractivity contribution >= 4 is 12.0 Å². The molecule has 1 aromatic carbocycles. The molecule has 0 heterocycles. The Morgan fingerprint density at radius 2 is 2.10 bits per heavy atom. The van der Waals surface area contributed by atoms with Gasteiger partial charge in [-0.1, -0.05) is 36.8 Å². The first-order valence-corrected chi connectivity index (χ1v) is 7.25.